The number of thiophene rings is 1. The highest BCUT2D eigenvalue weighted by atomic mass is 32.1. The fraction of sp³-hybridized carbons (Fsp3) is 0.423. The maximum absolute atomic E-state index is 12.8. The molecule has 2 aromatic heterocycles. The number of esters is 1. The molecule has 1 aliphatic heterocycles. The van der Waals surface area contributed by atoms with Gasteiger partial charge in [-0.2, -0.15) is 0 Å². The van der Waals surface area contributed by atoms with Crippen LogP contribution in [0.3, 0.4) is 0 Å². The lowest BCUT2D eigenvalue weighted by molar-refractivity contribution is -0.146. The standard InChI is InChI=1S/C26H27N3O5S/c1-14(24(32)17-7-8-19-16(13-17)11-12-29(19)15(2)30)34-22(31)10-9-21-27-25(33)23-18-5-3-4-6-20(18)35-26(23)28-21/h7-8,13-14H,3-6,9-12H2,1-2H3,(H,27,28,33). The molecule has 8 nitrogen and oxygen atoms in total. The number of nitrogens with zero attached hydrogens (tertiary/aromatic N) is 2. The van der Waals surface area contributed by atoms with E-state index in [4.69, 9.17) is 4.74 Å². The molecule has 0 fully saturated rings. The van der Waals surface area contributed by atoms with Gasteiger partial charge in [0.2, 0.25) is 11.7 Å². The number of rotatable bonds is 6. The highest BCUT2D eigenvalue weighted by Gasteiger charge is 2.26. The predicted octanol–water partition coefficient (Wildman–Crippen LogP) is 3.52. The van der Waals surface area contributed by atoms with Gasteiger partial charge in [-0.15, -0.1) is 11.3 Å². The number of H-pyrrole nitrogens is 1. The van der Waals surface area contributed by atoms with Crippen LogP contribution in [0.5, 0.6) is 0 Å². The second-order valence-corrected chi connectivity index (χ2v) is 10.2. The molecule has 0 bridgehead atoms. The Hall–Kier alpha value is -3.33. The van der Waals surface area contributed by atoms with Crippen LogP contribution in [0, 0.1) is 0 Å². The summed E-state index contributed by atoms with van der Waals surface area (Å²) in [5, 5.41) is 0.691. The maximum atomic E-state index is 12.8. The van der Waals surface area contributed by atoms with Crippen molar-refractivity contribution >= 4 is 44.9 Å². The van der Waals surface area contributed by atoms with E-state index in [1.54, 1.807) is 41.4 Å². The lowest BCUT2D eigenvalue weighted by atomic mass is 9.97. The minimum absolute atomic E-state index is 0.00884. The van der Waals surface area contributed by atoms with Crippen LogP contribution in [-0.4, -0.2) is 40.3 Å². The van der Waals surface area contributed by atoms with Crippen LogP contribution in [0.25, 0.3) is 10.2 Å². The number of ether oxygens (including phenoxy) is 1. The van der Waals surface area contributed by atoms with Crippen LogP contribution < -0.4 is 10.5 Å². The number of carbonyl (C=O) groups is 3. The van der Waals surface area contributed by atoms with E-state index in [0.29, 0.717) is 29.7 Å². The third kappa shape index (κ3) is 4.52. The van der Waals surface area contributed by atoms with Crippen molar-refractivity contribution < 1.29 is 19.1 Å². The molecule has 1 amide bonds. The molecule has 1 aliphatic carbocycles. The Labute approximate surface area is 206 Å². The number of aryl methyl sites for hydroxylation is 3. The number of ketones is 1. The summed E-state index contributed by atoms with van der Waals surface area (Å²) in [5.41, 5.74) is 3.19. The summed E-state index contributed by atoms with van der Waals surface area (Å²) in [5.74, 6) is -0.396. The van der Waals surface area contributed by atoms with Crippen molar-refractivity contribution in [2.45, 2.75) is 64.9 Å². The number of nitrogens with one attached hydrogen (secondary N) is 1. The molecule has 0 saturated heterocycles. The Morgan fingerprint density at radius 3 is 2.80 bits per heavy atom. The summed E-state index contributed by atoms with van der Waals surface area (Å²) in [6.07, 6.45) is 4.11. The number of aromatic nitrogens is 2. The topological polar surface area (TPSA) is 109 Å². The lowest BCUT2D eigenvalue weighted by Gasteiger charge is -2.16. The monoisotopic (exact) mass is 493 g/mol. The van der Waals surface area contributed by atoms with Crippen molar-refractivity contribution in [1.82, 2.24) is 9.97 Å². The molecule has 0 saturated carbocycles. The Morgan fingerprint density at radius 2 is 2.00 bits per heavy atom. The van der Waals surface area contributed by atoms with Gasteiger partial charge in [-0.3, -0.25) is 19.2 Å². The zero-order chi connectivity index (χ0) is 24.7. The first kappa shape index (κ1) is 23.4. The van der Waals surface area contributed by atoms with Gasteiger partial charge in [0.1, 0.15) is 10.7 Å². The zero-order valence-corrected chi connectivity index (χ0v) is 20.6. The summed E-state index contributed by atoms with van der Waals surface area (Å²) < 4.78 is 5.38. The van der Waals surface area contributed by atoms with Gasteiger partial charge in [0.15, 0.2) is 6.10 Å². The van der Waals surface area contributed by atoms with Gasteiger partial charge in [-0.05, 0) is 68.4 Å². The predicted molar refractivity (Wildman–Crippen MR) is 133 cm³/mol. The van der Waals surface area contributed by atoms with Crippen molar-refractivity contribution in [2.75, 3.05) is 11.4 Å². The Bertz CT molecular complexity index is 1410. The average molecular weight is 494 g/mol. The smallest absolute Gasteiger partial charge is 0.306 e. The average Bonchev–Trinajstić information content (AvgIpc) is 3.43. The summed E-state index contributed by atoms with van der Waals surface area (Å²) in [6, 6.07) is 5.21. The molecule has 5 rings (SSSR count). The molecule has 1 aromatic carbocycles. The first-order chi connectivity index (χ1) is 16.8. The Kier molecular flexibility index (Phi) is 6.27. The van der Waals surface area contributed by atoms with Crippen molar-refractivity contribution in [1.29, 1.82) is 0 Å². The van der Waals surface area contributed by atoms with Crippen LogP contribution in [0.1, 0.15) is 65.3 Å². The van der Waals surface area contributed by atoms with E-state index in [9.17, 15) is 19.2 Å². The number of aromatic amines is 1. The third-order valence-corrected chi connectivity index (χ3v) is 7.94. The number of Topliss-reactive ketones (excluding diaryl/α,β-unsaturated/α-hetero) is 1. The number of hydrogen-bond acceptors (Lipinski definition) is 7. The summed E-state index contributed by atoms with van der Waals surface area (Å²) >= 11 is 1.57. The van der Waals surface area contributed by atoms with Crippen molar-refractivity contribution in [3.05, 3.63) is 55.9 Å². The van der Waals surface area contributed by atoms with E-state index in [-0.39, 0.29) is 30.1 Å². The van der Waals surface area contributed by atoms with Crippen LogP contribution in [0.2, 0.25) is 0 Å². The van der Waals surface area contributed by atoms with Crippen LogP contribution in [-0.2, 0) is 40.0 Å². The normalized spacial score (nSPS) is 15.5. The minimum Gasteiger partial charge on any atom is -0.454 e. The van der Waals surface area contributed by atoms with Crippen molar-refractivity contribution in [3.63, 3.8) is 0 Å². The number of carbonyl (C=O) groups excluding carboxylic acids is 3. The highest BCUT2D eigenvalue weighted by Crippen LogP contribution is 2.33. The first-order valence-electron chi connectivity index (χ1n) is 12.0. The number of anilines is 1. The molecule has 35 heavy (non-hydrogen) atoms. The molecule has 1 unspecified atom stereocenters. The number of benzene rings is 1. The van der Waals surface area contributed by atoms with E-state index in [0.717, 1.165) is 47.3 Å². The summed E-state index contributed by atoms with van der Waals surface area (Å²) in [7, 11) is 0. The molecule has 0 radical (unpaired) electrons. The Balaban J connectivity index is 1.21. The molecule has 2 aliphatic rings. The second-order valence-electron chi connectivity index (χ2n) is 9.16. The quantitative estimate of drug-likeness (QED) is 0.416. The number of hydrogen-bond donors (Lipinski definition) is 1. The summed E-state index contributed by atoms with van der Waals surface area (Å²) in [4.78, 5) is 60.7. The molecule has 0 spiro atoms. The van der Waals surface area contributed by atoms with Crippen LogP contribution >= 0.6 is 11.3 Å². The van der Waals surface area contributed by atoms with E-state index in [1.165, 1.54) is 11.8 Å². The molecule has 1 atom stereocenters. The van der Waals surface area contributed by atoms with Gasteiger partial charge >= 0.3 is 5.97 Å². The SMILES string of the molecule is CC(=O)N1CCc2cc(C(=O)C(C)OC(=O)CCc3nc4sc5c(c4c(=O)[nH]3)CCCC5)ccc21. The van der Waals surface area contributed by atoms with E-state index >= 15 is 0 Å². The van der Waals surface area contributed by atoms with Crippen LogP contribution in [0.15, 0.2) is 23.0 Å². The van der Waals surface area contributed by atoms with Crippen LogP contribution in [0.4, 0.5) is 5.69 Å². The van der Waals surface area contributed by atoms with Crippen molar-refractivity contribution in [2.24, 2.45) is 0 Å². The molecule has 9 heteroatoms. The van der Waals surface area contributed by atoms with Gasteiger partial charge in [0.05, 0.1) is 11.8 Å². The molecule has 1 N–H and O–H groups in total. The first-order valence-corrected chi connectivity index (χ1v) is 12.8. The van der Waals surface area contributed by atoms with Gasteiger partial charge in [0, 0.05) is 36.0 Å². The summed E-state index contributed by atoms with van der Waals surface area (Å²) in [6.45, 7) is 3.67. The molecule has 182 valence electrons. The van der Waals surface area contributed by atoms with Gasteiger partial charge in [0.25, 0.3) is 5.56 Å². The van der Waals surface area contributed by atoms with Gasteiger partial charge in [-0.25, -0.2) is 4.98 Å². The third-order valence-electron chi connectivity index (χ3n) is 6.76. The molecule has 3 heterocycles. The molecular formula is C26H27N3O5S. The van der Waals surface area contributed by atoms with E-state index < -0.39 is 12.1 Å². The lowest BCUT2D eigenvalue weighted by Crippen LogP contribution is -2.26. The largest absolute Gasteiger partial charge is 0.454 e. The van der Waals surface area contributed by atoms with E-state index in [1.807, 2.05) is 0 Å². The Morgan fingerprint density at radius 1 is 1.20 bits per heavy atom. The fourth-order valence-electron chi connectivity index (χ4n) is 4.97. The second kappa shape index (κ2) is 9.37. The zero-order valence-electron chi connectivity index (χ0n) is 19.8. The van der Waals surface area contributed by atoms with Gasteiger partial charge in [-0.1, -0.05) is 0 Å². The van der Waals surface area contributed by atoms with Crippen molar-refractivity contribution in [3.8, 4) is 0 Å². The number of amides is 1. The van der Waals surface area contributed by atoms with Gasteiger partial charge < -0.3 is 14.6 Å². The fourth-order valence-corrected chi connectivity index (χ4v) is 6.25. The van der Waals surface area contributed by atoms with E-state index in [2.05, 4.69) is 9.97 Å². The molecule has 3 aromatic rings. The highest BCUT2D eigenvalue weighted by molar-refractivity contribution is 7.18. The minimum atomic E-state index is -0.940. The molecular weight excluding hydrogens is 466 g/mol. The number of fused-ring (bicyclic) bond motifs is 4. The maximum Gasteiger partial charge on any atom is 0.306 e.